The number of morpholine rings is 1. The number of hydrogen-bond donors (Lipinski definition) is 1. The predicted octanol–water partition coefficient (Wildman–Crippen LogP) is 3.27. The van der Waals surface area contributed by atoms with Gasteiger partial charge in [0.1, 0.15) is 4.90 Å². The minimum absolute atomic E-state index is 0.0316. The number of hydrogen-bond acceptors (Lipinski definition) is 4. The highest BCUT2D eigenvalue weighted by Gasteiger charge is 2.20. The number of anilines is 1. The molecule has 0 saturated carbocycles. The molecule has 9 heteroatoms. The van der Waals surface area contributed by atoms with Crippen molar-refractivity contribution in [1.82, 2.24) is 4.90 Å². The molecule has 0 bridgehead atoms. The van der Waals surface area contributed by atoms with Crippen LogP contribution in [0.2, 0.25) is 10.0 Å². The molecule has 3 rings (SSSR count). The van der Waals surface area contributed by atoms with E-state index in [1.165, 1.54) is 30.3 Å². The number of nitrogens with one attached hydrogen (secondary N) is 1. The Morgan fingerprint density at radius 3 is 2.31 bits per heavy atom. The van der Waals surface area contributed by atoms with Crippen LogP contribution in [-0.4, -0.2) is 45.5 Å². The summed E-state index contributed by atoms with van der Waals surface area (Å²) in [6.45, 7) is 2.13. The van der Waals surface area contributed by atoms with Crippen LogP contribution in [0.3, 0.4) is 0 Å². The molecule has 26 heavy (non-hydrogen) atoms. The Labute approximate surface area is 161 Å². The molecule has 6 nitrogen and oxygen atoms in total. The molecule has 1 saturated heterocycles. The van der Waals surface area contributed by atoms with Crippen LogP contribution < -0.4 is 4.72 Å². The molecule has 1 N–H and O–H groups in total. The summed E-state index contributed by atoms with van der Waals surface area (Å²) in [6, 6.07) is 10.4. The fourth-order valence-corrected chi connectivity index (χ4v) is 4.37. The van der Waals surface area contributed by atoms with E-state index >= 15 is 0 Å². The molecule has 1 aliphatic rings. The van der Waals surface area contributed by atoms with E-state index in [2.05, 4.69) is 4.72 Å². The maximum Gasteiger partial charge on any atom is 0.263 e. The average Bonchev–Trinajstić information content (AvgIpc) is 2.62. The van der Waals surface area contributed by atoms with E-state index in [0.717, 1.165) is 0 Å². The van der Waals surface area contributed by atoms with E-state index in [-0.39, 0.29) is 15.8 Å². The molecule has 2 aromatic rings. The maximum absolute atomic E-state index is 12.5. The Balaban J connectivity index is 1.75. The summed E-state index contributed by atoms with van der Waals surface area (Å²) in [5.41, 5.74) is 0.814. The summed E-state index contributed by atoms with van der Waals surface area (Å²) in [5, 5.41) is 0.379. The Morgan fingerprint density at radius 2 is 1.69 bits per heavy atom. The van der Waals surface area contributed by atoms with Crippen LogP contribution in [0.25, 0.3) is 0 Å². The van der Waals surface area contributed by atoms with Gasteiger partial charge in [0.15, 0.2) is 0 Å². The summed E-state index contributed by atoms with van der Waals surface area (Å²) < 4.78 is 32.6. The molecule has 0 radical (unpaired) electrons. The Morgan fingerprint density at radius 1 is 1.04 bits per heavy atom. The molecule has 138 valence electrons. The standard InChI is InChI=1S/C17H16Cl2N2O4S/c18-13-3-6-16(15(19)11-13)26(23,24)20-14-4-1-12(2-5-14)17(22)21-7-9-25-10-8-21/h1-6,11,20H,7-10H2. The topological polar surface area (TPSA) is 75.7 Å². The number of ether oxygens (including phenoxy) is 1. The van der Waals surface area contributed by atoms with Crippen molar-refractivity contribution in [3.8, 4) is 0 Å². The van der Waals surface area contributed by atoms with Gasteiger partial charge in [0, 0.05) is 29.4 Å². The number of sulfonamides is 1. The van der Waals surface area contributed by atoms with Gasteiger partial charge in [0.25, 0.3) is 15.9 Å². The predicted molar refractivity (Wildman–Crippen MR) is 100 cm³/mol. The molecule has 1 heterocycles. The van der Waals surface area contributed by atoms with Gasteiger partial charge in [-0.05, 0) is 42.5 Å². The summed E-state index contributed by atoms with van der Waals surface area (Å²) in [6.07, 6.45) is 0. The van der Waals surface area contributed by atoms with Gasteiger partial charge in [-0.15, -0.1) is 0 Å². The average molecular weight is 415 g/mol. The number of halogens is 2. The third-order valence-corrected chi connectivity index (χ3v) is 5.97. The molecule has 0 aromatic heterocycles. The Bertz CT molecular complexity index is 911. The fourth-order valence-electron chi connectivity index (χ4n) is 2.53. The number of nitrogens with zero attached hydrogens (tertiary/aromatic N) is 1. The first-order valence-electron chi connectivity index (χ1n) is 7.82. The zero-order valence-electron chi connectivity index (χ0n) is 13.6. The van der Waals surface area contributed by atoms with Crippen LogP contribution in [0, 0.1) is 0 Å². The molecule has 0 aliphatic carbocycles. The summed E-state index contributed by atoms with van der Waals surface area (Å²) in [4.78, 5) is 14.0. The molecule has 1 amide bonds. The third kappa shape index (κ3) is 4.29. The van der Waals surface area contributed by atoms with Crippen LogP contribution in [-0.2, 0) is 14.8 Å². The lowest BCUT2D eigenvalue weighted by molar-refractivity contribution is 0.0303. The van der Waals surface area contributed by atoms with Crippen molar-refractivity contribution in [3.63, 3.8) is 0 Å². The lowest BCUT2D eigenvalue weighted by Crippen LogP contribution is -2.40. The second kappa shape index (κ2) is 7.84. The van der Waals surface area contributed by atoms with Gasteiger partial charge in [0.05, 0.1) is 18.2 Å². The van der Waals surface area contributed by atoms with Gasteiger partial charge in [-0.1, -0.05) is 23.2 Å². The molecule has 1 fully saturated rings. The molecule has 0 atom stereocenters. The van der Waals surface area contributed by atoms with E-state index in [1.807, 2.05) is 0 Å². The lowest BCUT2D eigenvalue weighted by atomic mass is 10.2. The van der Waals surface area contributed by atoms with Crippen molar-refractivity contribution >= 4 is 44.8 Å². The van der Waals surface area contributed by atoms with E-state index < -0.39 is 10.0 Å². The SMILES string of the molecule is O=C(c1ccc(NS(=O)(=O)c2ccc(Cl)cc2Cl)cc1)N1CCOCC1. The zero-order valence-corrected chi connectivity index (χ0v) is 15.9. The quantitative estimate of drug-likeness (QED) is 0.832. The Kier molecular flexibility index (Phi) is 5.72. The van der Waals surface area contributed by atoms with E-state index in [4.69, 9.17) is 27.9 Å². The van der Waals surface area contributed by atoms with E-state index in [1.54, 1.807) is 17.0 Å². The molecular formula is C17H16Cl2N2O4S. The molecule has 2 aromatic carbocycles. The molecular weight excluding hydrogens is 399 g/mol. The minimum Gasteiger partial charge on any atom is -0.378 e. The van der Waals surface area contributed by atoms with E-state index in [0.29, 0.717) is 42.6 Å². The van der Waals surface area contributed by atoms with E-state index in [9.17, 15) is 13.2 Å². The van der Waals surface area contributed by atoms with Gasteiger partial charge >= 0.3 is 0 Å². The van der Waals surface area contributed by atoms with Crippen LogP contribution >= 0.6 is 23.2 Å². The number of amides is 1. The van der Waals surface area contributed by atoms with Crippen molar-refractivity contribution in [2.75, 3.05) is 31.0 Å². The first-order chi connectivity index (χ1) is 12.4. The van der Waals surface area contributed by atoms with Crippen LogP contribution in [0.15, 0.2) is 47.4 Å². The largest absolute Gasteiger partial charge is 0.378 e. The molecule has 1 aliphatic heterocycles. The van der Waals surface area contributed by atoms with Crippen LogP contribution in [0.1, 0.15) is 10.4 Å². The lowest BCUT2D eigenvalue weighted by Gasteiger charge is -2.26. The third-order valence-electron chi connectivity index (χ3n) is 3.87. The number of carbonyl (C=O) groups is 1. The summed E-state index contributed by atoms with van der Waals surface area (Å²) in [7, 11) is -3.87. The highest BCUT2D eigenvalue weighted by molar-refractivity contribution is 7.92. The maximum atomic E-state index is 12.5. The van der Waals surface area contributed by atoms with Crippen LogP contribution in [0.5, 0.6) is 0 Å². The van der Waals surface area contributed by atoms with Gasteiger partial charge in [-0.25, -0.2) is 8.42 Å². The summed E-state index contributed by atoms with van der Waals surface area (Å²) >= 11 is 11.8. The fraction of sp³-hybridized carbons (Fsp3) is 0.235. The zero-order chi connectivity index (χ0) is 18.7. The molecule has 0 spiro atoms. The second-order valence-electron chi connectivity index (χ2n) is 5.66. The smallest absolute Gasteiger partial charge is 0.263 e. The van der Waals surface area contributed by atoms with Gasteiger partial charge in [-0.3, -0.25) is 9.52 Å². The van der Waals surface area contributed by atoms with Crippen molar-refractivity contribution in [2.45, 2.75) is 4.90 Å². The summed E-state index contributed by atoms with van der Waals surface area (Å²) in [5.74, 6) is -0.108. The monoisotopic (exact) mass is 414 g/mol. The Hall–Kier alpha value is -1.80. The molecule has 0 unspecified atom stereocenters. The first-order valence-corrected chi connectivity index (χ1v) is 10.1. The van der Waals surface area contributed by atoms with Crippen molar-refractivity contribution in [3.05, 3.63) is 58.1 Å². The van der Waals surface area contributed by atoms with Crippen LogP contribution in [0.4, 0.5) is 5.69 Å². The van der Waals surface area contributed by atoms with Crippen molar-refractivity contribution in [1.29, 1.82) is 0 Å². The first kappa shape index (κ1) is 19.0. The highest BCUT2D eigenvalue weighted by atomic mass is 35.5. The second-order valence-corrected chi connectivity index (χ2v) is 8.16. The van der Waals surface area contributed by atoms with Gasteiger partial charge in [-0.2, -0.15) is 0 Å². The number of benzene rings is 2. The van der Waals surface area contributed by atoms with Gasteiger partial charge in [0.2, 0.25) is 0 Å². The van der Waals surface area contributed by atoms with Gasteiger partial charge < -0.3 is 9.64 Å². The highest BCUT2D eigenvalue weighted by Crippen LogP contribution is 2.26. The van der Waals surface area contributed by atoms with Crippen molar-refractivity contribution < 1.29 is 17.9 Å². The normalized spacial score (nSPS) is 14.9. The number of rotatable bonds is 4. The van der Waals surface area contributed by atoms with Crippen molar-refractivity contribution in [2.24, 2.45) is 0 Å². The number of carbonyl (C=O) groups excluding carboxylic acids is 1. The minimum atomic E-state index is -3.87.